The molecule has 0 saturated heterocycles. The van der Waals surface area contributed by atoms with E-state index >= 15 is 0 Å². The molecule has 0 fully saturated rings. The van der Waals surface area contributed by atoms with Gasteiger partial charge in [-0.3, -0.25) is 0 Å². The van der Waals surface area contributed by atoms with Crippen LogP contribution in [-0.2, 0) is 0 Å². The summed E-state index contributed by atoms with van der Waals surface area (Å²) >= 11 is 1.35. The molecule has 7 heteroatoms. The molecule has 0 bridgehead atoms. The van der Waals surface area contributed by atoms with Gasteiger partial charge in [-0.25, -0.2) is 9.97 Å². The fourth-order valence-electron chi connectivity index (χ4n) is 2.12. The highest BCUT2D eigenvalue weighted by Crippen LogP contribution is 2.31. The van der Waals surface area contributed by atoms with Gasteiger partial charge in [-0.15, -0.1) is 10.2 Å². The minimum Gasteiger partial charge on any atom is -0.469 e. The largest absolute Gasteiger partial charge is 0.469 e. The van der Waals surface area contributed by atoms with Gasteiger partial charge in [-0.05, 0) is 36.7 Å². The summed E-state index contributed by atoms with van der Waals surface area (Å²) in [7, 11) is 0. The van der Waals surface area contributed by atoms with Crippen molar-refractivity contribution in [3.05, 3.63) is 35.7 Å². The SMILES string of the molecule is Cc1occc1-c1nnc(Sc2cc(C(C)C)nc(C(C)C)n2)o1. The van der Waals surface area contributed by atoms with Crippen molar-refractivity contribution in [2.75, 3.05) is 0 Å². The molecule has 0 unspecified atom stereocenters. The van der Waals surface area contributed by atoms with Crippen molar-refractivity contribution in [3.63, 3.8) is 0 Å². The van der Waals surface area contributed by atoms with Crippen LogP contribution in [-0.4, -0.2) is 20.2 Å². The Bertz CT molecular complexity index is 812. The average molecular weight is 344 g/mol. The van der Waals surface area contributed by atoms with Gasteiger partial charge in [0.2, 0.25) is 0 Å². The standard InChI is InChI=1S/C17H20N4O2S/c1-9(2)13-8-14(19-15(18-13)10(3)4)24-17-21-20-16(23-17)12-6-7-22-11(12)5/h6-10H,1-5H3. The van der Waals surface area contributed by atoms with Crippen LogP contribution >= 0.6 is 11.8 Å². The van der Waals surface area contributed by atoms with Crippen LogP contribution < -0.4 is 0 Å². The van der Waals surface area contributed by atoms with Gasteiger partial charge in [0.1, 0.15) is 16.6 Å². The highest BCUT2D eigenvalue weighted by atomic mass is 32.2. The maximum absolute atomic E-state index is 5.73. The van der Waals surface area contributed by atoms with E-state index in [9.17, 15) is 0 Å². The smallest absolute Gasteiger partial charge is 0.283 e. The van der Waals surface area contributed by atoms with Crippen molar-refractivity contribution in [2.24, 2.45) is 0 Å². The van der Waals surface area contributed by atoms with Gasteiger partial charge in [0.15, 0.2) is 0 Å². The fourth-order valence-corrected chi connectivity index (χ4v) is 2.82. The molecule has 3 rings (SSSR count). The van der Waals surface area contributed by atoms with E-state index < -0.39 is 0 Å². The van der Waals surface area contributed by atoms with E-state index in [-0.39, 0.29) is 5.92 Å². The van der Waals surface area contributed by atoms with Gasteiger partial charge in [0.25, 0.3) is 11.1 Å². The van der Waals surface area contributed by atoms with Crippen LogP contribution in [0.4, 0.5) is 0 Å². The lowest BCUT2D eigenvalue weighted by Crippen LogP contribution is -2.03. The molecule has 0 spiro atoms. The molecule has 3 heterocycles. The quantitative estimate of drug-likeness (QED) is 0.614. The molecule has 0 radical (unpaired) electrons. The third-order valence-corrected chi connectivity index (χ3v) is 4.29. The van der Waals surface area contributed by atoms with Gasteiger partial charge >= 0.3 is 0 Å². The number of hydrogen-bond acceptors (Lipinski definition) is 7. The molecule has 0 atom stereocenters. The monoisotopic (exact) mass is 344 g/mol. The number of furan rings is 1. The second-order valence-corrected chi connectivity index (χ2v) is 7.14. The van der Waals surface area contributed by atoms with Crippen LogP contribution in [0.15, 0.2) is 37.5 Å². The number of aryl methyl sites for hydroxylation is 1. The van der Waals surface area contributed by atoms with Crippen molar-refractivity contribution >= 4 is 11.8 Å². The topological polar surface area (TPSA) is 77.8 Å². The minimum atomic E-state index is 0.259. The van der Waals surface area contributed by atoms with E-state index in [0.29, 0.717) is 17.0 Å². The first-order chi connectivity index (χ1) is 11.4. The molecule has 0 aliphatic carbocycles. The third kappa shape index (κ3) is 3.51. The lowest BCUT2D eigenvalue weighted by Gasteiger charge is -2.10. The van der Waals surface area contributed by atoms with Crippen molar-refractivity contribution in [2.45, 2.75) is 56.7 Å². The Balaban J connectivity index is 1.88. The highest BCUT2D eigenvalue weighted by molar-refractivity contribution is 7.99. The summed E-state index contributed by atoms with van der Waals surface area (Å²) in [5.41, 5.74) is 1.82. The summed E-state index contributed by atoms with van der Waals surface area (Å²) in [4.78, 5) is 9.23. The van der Waals surface area contributed by atoms with E-state index in [1.54, 1.807) is 6.26 Å². The first kappa shape index (κ1) is 16.7. The molecule has 126 valence electrons. The normalized spacial score (nSPS) is 11.6. The number of rotatable bonds is 5. The zero-order chi connectivity index (χ0) is 17.3. The second-order valence-electron chi connectivity index (χ2n) is 6.16. The highest BCUT2D eigenvalue weighted by Gasteiger charge is 2.16. The molecule has 0 aliphatic rings. The van der Waals surface area contributed by atoms with Crippen molar-refractivity contribution < 1.29 is 8.83 Å². The molecule has 0 aliphatic heterocycles. The van der Waals surface area contributed by atoms with Crippen molar-refractivity contribution in [3.8, 4) is 11.5 Å². The molecule has 0 saturated carbocycles. The summed E-state index contributed by atoms with van der Waals surface area (Å²) in [6.45, 7) is 10.3. The van der Waals surface area contributed by atoms with Gasteiger partial charge in [0, 0.05) is 11.6 Å². The summed E-state index contributed by atoms with van der Waals surface area (Å²) < 4.78 is 11.0. The van der Waals surface area contributed by atoms with Crippen molar-refractivity contribution in [1.29, 1.82) is 0 Å². The molecule has 3 aromatic heterocycles. The molecule has 0 amide bonds. The van der Waals surface area contributed by atoms with Gasteiger partial charge in [0.05, 0.1) is 11.8 Å². The zero-order valence-corrected chi connectivity index (χ0v) is 15.2. The Kier molecular flexibility index (Phi) is 4.71. The van der Waals surface area contributed by atoms with E-state index in [1.807, 2.05) is 19.1 Å². The van der Waals surface area contributed by atoms with Crippen LogP contribution in [0.1, 0.15) is 56.8 Å². The summed E-state index contributed by atoms with van der Waals surface area (Å²) in [6.07, 6.45) is 1.61. The first-order valence-corrected chi connectivity index (χ1v) is 8.70. The maximum Gasteiger partial charge on any atom is 0.283 e. The predicted octanol–water partition coefficient (Wildman–Crippen LogP) is 4.83. The lowest BCUT2D eigenvalue weighted by atomic mass is 10.1. The zero-order valence-electron chi connectivity index (χ0n) is 14.4. The fraction of sp³-hybridized carbons (Fsp3) is 0.412. The second kappa shape index (κ2) is 6.76. The van der Waals surface area contributed by atoms with Gasteiger partial charge in [-0.2, -0.15) is 0 Å². The molecule has 0 N–H and O–H groups in total. The Morgan fingerprint density at radius 2 is 1.83 bits per heavy atom. The number of aromatic nitrogens is 4. The molecule has 24 heavy (non-hydrogen) atoms. The third-order valence-electron chi connectivity index (χ3n) is 3.54. The number of nitrogens with zero attached hydrogens (tertiary/aromatic N) is 4. The Labute approximate surface area is 145 Å². The van der Waals surface area contributed by atoms with Crippen molar-refractivity contribution in [1.82, 2.24) is 20.2 Å². The van der Waals surface area contributed by atoms with E-state index in [1.165, 1.54) is 11.8 Å². The summed E-state index contributed by atoms with van der Waals surface area (Å²) in [5, 5.41) is 9.46. The molecule has 0 aromatic carbocycles. The predicted molar refractivity (Wildman–Crippen MR) is 91.1 cm³/mol. The van der Waals surface area contributed by atoms with Crippen LogP contribution in [0.3, 0.4) is 0 Å². The van der Waals surface area contributed by atoms with Gasteiger partial charge in [-0.1, -0.05) is 27.7 Å². The minimum absolute atomic E-state index is 0.259. The maximum atomic E-state index is 5.73. The van der Waals surface area contributed by atoms with E-state index in [4.69, 9.17) is 8.83 Å². The van der Waals surface area contributed by atoms with Crippen LogP contribution in [0.5, 0.6) is 0 Å². The first-order valence-electron chi connectivity index (χ1n) is 7.88. The Hall–Kier alpha value is -2.15. The summed E-state index contributed by atoms with van der Waals surface area (Å²) in [6, 6.07) is 3.80. The molecule has 6 nitrogen and oxygen atoms in total. The Morgan fingerprint density at radius 1 is 1.04 bits per heavy atom. The summed E-state index contributed by atoms with van der Waals surface area (Å²) in [5.74, 6) is 2.62. The lowest BCUT2D eigenvalue weighted by molar-refractivity contribution is 0.463. The van der Waals surface area contributed by atoms with Crippen LogP contribution in [0.25, 0.3) is 11.5 Å². The molecule has 3 aromatic rings. The van der Waals surface area contributed by atoms with E-state index in [2.05, 4.69) is 47.9 Å². The number of hydrogen-bond donors (Lipinski definition) is 0. The van der Waals surface area contributed by atoms with Crippen LogP contribution in [0, 0.1) is 6.92 Å². The van der Waals surface area contributed by atoms with Gasteiger partial charge < -0.3 is 8.83 Å². The molecular weight excluding hydrogens is 324 g/mol. The van der Waals surface area contributed by atoms with Crippen LogP contribution in [0.2, 0.25) is 0 Å². The van der Waals surface area contributed by atoms with E-state index in [0.717, 1.165) is 27.9 Å². The average Bonchev–Trinajstić information content (AvgIpc) is 3.15. The molecular formula is C17H20N4O2S. The Morgan fingerprint density at radius 3 is 2.46 bits per heavy atom.